The standard InChI is InChI=1S/C16H19BrN4O3/c1-5-24-14-12(17)6-11(7-13(14)23-4)8-18-21-16-19-10(3)9(2)15(22)20-16/h6-8H,5H2,1-4H3,(H2,19,20,21,22)/b18-8-. The Kier molecular flexibility index (Phi) is 5.97. The normalized spacial score (nSPS) is 10.9. The van der Waals surface area contributed by atoms with Gasteiger partial charge in [-0.25, -0.2) is 10.4 Å². The number of nitrogens with zero attached hydrogens (tertiary/aromatic N) is 2. The molecule has 1 aromatic heterocycles. The summed E-state index contributed by atoms with van der Waals surface area (Å²) in [6.45, 7) is 5.93. The number of aryl methyl sites for hydroxylation is 1. The van der Waals surface area contributed by atoms with Crippen molar-refractivity contribution in [3.8, 4) is 11.5 Å². The van der Waals surface area contributed by atoms with E-state index in [9.17, 15) is 4.79 Å². The average molecular weight is 395 g/mol. The summed E-state index contributed by atoms with van der Waals surface area (Å²) in [6.07, 6.45) is 1.60. The molecule has 0 atom stereocenters. The predicted octanol–water partition coefficient (Wildman–Crippen LogP) is 3.00. The molecule has 1 aromatic carbocycles. The molecule has 0 saturated carbocycles. The van der Waals surface area contributed by atoms with Gasteiger partial charge < -0.3 is 9.47 Å². The van der Waals surface area contributed by atoms with Crippen LogP contribution in [0.3, 0.4) is 0 Å². The number of aromatic nitrogens is 2. The van der Waals surface area contributed by atoms with Crippen LogP contribution in [0.5, 0.6) is 11.5 Å². The number of rotatable bonds is 6. The van der Waals surface area contributed by atoms with E-state index in [1.165, 1.54) is 0 Å². The van der Waals surface area contributed by atoms with Gasteiger partial charge in [-0.2, -0.15) is 5.10 Å². The van der Waals surface area contributed by atoms with Crippen LogP contribution in [0.15, 0.2) is 26.5 Å². The zero-order chi connectivity index (χ0) is 17.7. The summed E-state index contributed by atoms with van der Waals surface area (Å²) in [5, 5.41) is 4.09. The molecule has 0 aliphatic carbocycles. The maximum atomic E-state index is 11.7. The quantitative estimate of drug-likeness (QED) is 0.580. The van der Waals surface area contributed by atoms with E-state index < -0.39 is 0 Å². The number of nitrogens with one attached hydrogen (secondary N) is 2. The van der Waals surface area contributed by atoms with Gasteiger partial charge in [0.2, 0.25) is 5.95 Å². The van der Waals surface area contributed by atoms with E-state index in [1.54, 1.807) is 33.2 Å². The fourth-order valence-corrected chi connectivity index (χ4v) is 2.54. The first-order chi connectivity index (χ1) is 11.5. The highest BCUT2D eigenvalue weighted by Crippen LogP contribution is 2.36. The highest BCUT2D eigenvalue weighted by Gasteiger charge is 2.10. The van der Waals surface area contributed by atoms with Gasteiger partial charge in [0.1, 0.15) is 0 Å². The lowest BCUT2D eigenvalue weighted by Gasteiger charge is -2.12. The van der Waals surface area contributed by atoms with E-state index >= 15 is 0 Å². The molecule has 0 radical (unpaired) electrons. The minimum absolute atomic E-state index is 0.189. The number of aromatic amines is 1. The molecule has 2 rings (SSSR count). The summed E-state index contributed by atoms with van der Waals surface area (Å²) >= 11 is 3.46. The first-order valence-electron chi connectivity index (χ1n) is 7.33. The van der Waals surface area contributed by atoms with E-state index in [-0.39, 0.29) is 11.5 Å². The van der Waals surface area contributed by atoms with E-state index in [2.05, 4.69) is 36.4 Å². The third-order valence-electron chi connectivity index (χ3n) is 3.32. The molecule has 0 bridgehead atoms. The van der Waals surface area contributed by atoms with Gasteiger partial charge in [0, 0.05) is 11.3 Å². The average Bonchev–Trinajstić information content (AvgIpc) is 2.54. The summed E-state index contributed by atoms with van der Waals surface area (Å²) in [4.78, 5) is 18.5. The van der Waals surface area contributed by atoms with Crippen LogP contribution < -0.4 is 20.5 Å². The van der Waals surface area contributed by atoms with Crippen molar-refractivity contribution in [3.05, 3.63) is 43.8 Å². The molecule has 0 amide bonds. The lowest BCUT2D eigenvalue weighted by atomic mass is 10.2. The number of H-pyrrole nitrogens is 1. The Labute approximate surface area is 148 Å². The van der Waals surface area contributed by atoms with Gasteiger partial charge >= 0.3 is 0 Å². The van der Waals surface area contributed by atoms with E-state index in [4.69, 9.17) is 9.47 Å². The molecule has 24 heavy (non-hydrogen) atoms. The Bertz CT molecular complexity index is 818. The summed E-state index contributed by atoms with van der Waals surface area (Å²) in [5.41, 5.74) is 4.56. The first-order valence-corrected chi connectivity index (χ1v) is 8.12. The molecule has 128 valence electrons. The Morgan fingerprint density at radius 1 is 1.42 bits per heavy atom. The summed E-state index contributed by atoms with van der Waals surface area (Å²) in [5.74, 6) is 1.53. The summed E-state index contributed by atoms with van der Waals surface area (Å²) < 4.78 is 11.6. The number of hydrogen-bond donors (Lipinski definition) is 2. The Morgan fingerprint density at radius 2 is 2.17 bits per heavy atom. The van der Waals surface area contributed by atoms with Gasteiger partial charge in [-0.15, -0.1) is 0 Å². The number of benzene rings is 1. The van der Waals surface area contributed by atoms with E-state index in [1.807, 2.05) is 13.0 Å². The van der Waals surface area contributed by atoms with Gasteiger partial charge in [-0.1, -0.05) is 0 Å². The van der Waals surface area contributed by atoms with Crippen molar-refractivity contribution < 1.29 is 9.47 Å². The first kappa shape index (κ1) is 18.0. The fourth-order valence-electron chi connectivity index (χ4n) is 1.96. The third kappa shape index (κ3) is 4.14. The van der Waals surface area contributed by atoms with Crippen LogP contribution in [0.4, 0.5) is 5.95 Å². The minimum Gasteiger partial charge on any atom is -0.493 e. The molecule has 8 heteroatoms. The van der Waals surface area contributed by atoms with Crippen molar-refractivity contribution >= 4 is 28.1 Å². The van der Waals surface area contributed by atoms with Crippen molar-refractivity contribution in [1.82, 2.24) is 9.97 Å². The van der Waals surface area contributed by atoms with E-state index in [0.29, 0.717) is 29.4 Å². The molecule has 0 unspecified atom stereocenters. The van der Waals surface area contributed by atoms with Crippen molar-refractivity contribution in [2.24, 2.45) is 5.10 Å². The molecule has 2 aromatic rings. The number of halogens is 1. The minimum atomic E-state index is -0.189. The lowest BCUT2D eigenvalue weighted by Crippen LogP contribution is -2.15. The molecule has 0 aliphatic heterocycles. The van der Waals surface area contributed by atoms with Crippen LogP contribution in [0, 0.1) is 13.8 Å². The zero-order valence-electron chi connectivity index (χ0n) is 13.9. The molecule has 0 fully saturated rings. The smallest absolute Gasteiger partial charge is 0.255 e. The second-order valence-electron chi connectivity index (χ2n) is 4.96. The molecule has 7 nitrogen and oxygen atoms in total. The maximum Gasteiger partial charge on any atom is 0.255 e. The number of methoxy groups -OCH3 is 1. The van der Waals surface area contributed by atoms with E-state index in [0.717, 1.165) is 10.0 Å². The number of hydrazone groups is 1. The number of anilines is 1. The van der Waals surface area contributed by atoms with Crippen LogP contribution in [-0.2, 0) is 0 Å². The SMILES string of the molecule is CCOc1c(Br)cc(/C=N\Nc2nc(C)c(C)c(=O)[nH]2)cc1OC. The second kappa shape index (κ2) is 7.96. The Morgan fingerprint density at radius 3 is 2.79 bits per heavy atom. The molecule has 0 saturated heterocycles. The van der Waals surface area contributed by atoms with Gasteiger partial charge in [-0.05, 0) is 54.4 Å². The molecule has 2 N–H and O–H groups in total. The van der Waals surface area contributed by atoms with Gasteiger partial charge in [0.25, 0.3) is 5.56 Å². The number of hydrogen-bond acceptors (Lipinski definition) is 6. The second-order valence-corrected chi connectivity index (χ2v) is 5.82. The molecular weight excluding hydrogens is 376 g/mol. The van der Waals surface area contributed by atoms with Crippen molar-refractivity contribution in [2.45, 2.75) is 20.8 Å². The van der Waals surface area contributed by atoms with Crippen molar-refractivity contribution in [1.29, 1.82) is 0 Å². The third-order valence-corrected chi connectivity index (χ3v) is 3.91. The summed E-state index contributed by atoms with van der Waals surface area (Å²) in [7, 11) is 1.58. The van der Waals surface area contributed by atoms with Crippen molar-refractivity contribution in [3.63, 3.8) is 0 Å². The topological polar surface area (TPSA) is 88.6 Å². The zero-order valence-corrected chi connectivity index (χ0v) is 15.5. The fraction of sp³-hybridized carbons (Fsp3) is 0.312. The summed E-state index contributed by atoms with van der Waals surface area (Å²) in [6, 6.07) is 3.66. The maximum absolute atomic E-state index is 11.7. The Balaban J connectivity index is 2.20. The highest BCUT2D eigenvalue weighted by atomic mass is 79.9. The Hall–Kier alpha value is -2.35. The lowest BCUT2D eigenvalue weighted by molar-refractivity contribution is 0.309. The van der Waals surface area contributed by atoms with Crippen LogP contribution in [0.25, 0.3) is 0 Å². The largest absolute Gasteiger partial charge is 0.493 e. The molecular formula is C16H19BrN4O3. The number of ether oxygens (including phenoxy) is 2. The van der Waals surface area contributed by atoms with Crippen LogP contribution in [-0.4, -0.2) is 29.9 Å². The van der Waals surface area contributed by atoms with Crippen LogP contribution in [0.2, 0.25) is 0 Å². The monoisotopic (exact) mass is 394 g/mol. The molecule has 0 aliphatic rings. The molecule has 0 spiro atoms. The van der Waals surface area contributed by atoms with Gasteiger partial charge in [0.05, 0.1) is 24.4 Å². The van der Waals surface area contributed by atoms with Gasteiger partial charge in [-0.3, -0.25) is 9.78 Å². The predicted molar refractivity (Wildman–Crippen MR) is 97.4 cm³/mol. The van der Waals surface area contributed by atoms with Crippen LogP contribution >= 0.6 is 15.9 Å². The molecule has 1 heterocycles. The van der Waals surface area contributed by atoms with Crippen molar-refractivity contribution in [2.75, 3.05) is 19.1 Å². The van der Waals surface area contributed by atoms with Crippen LogP contribution in [0.1, 0.15) is 23.7 Å². The highest BCUT2D eigenvalue weighted by molar-refractivity contribution is 9.10. The van der Waals surface area contributed by atoms with Gasteiger partial charge in [0.15, 0.2) is 11.5 Å².